The first-order valence-corrected chi connectivity index (χ1v) is 4.45. The van der Waals surface area contributed by atoms with E-state index < -0.39 is 0 Å². The van der Waals surface area contributed by atoms with E-state index in [1.165, 1.54) is 0 Å². The molecule has 0 fully saturated rings. The highest BCUT2D eigenvalue weighted by Crippen LogP contribution is 2.22. The lowest BCUT2D eigenvalue weighted by atomic mass is 10.2. The molecule has 3 rings (SSSR count). The lowest BCUT2D eigenvalue weighted by Crippen LogP contribution is -2.10. The second-order valence-electron chi connectivity index (χ2n) is 3.13. The number of nitrogens with one attached hydrogen (secondary N) is 1. The molecule has 0 bridgehead atoms. The van der Waals surface area contributed by atoms with Crippen LogP contribution in [0.4, 0.5) is 5.82 Å². The van der Waals surface area contributed by atoms with Crippen molar-refractivity contribution in [3.8, 4) is 0 Å². The van der Waals surface area contributed by atoms with Gasteiger partial charge in [-0.05, 0) is 6.07 Å². The maximum Gasteiger partial charge on any atom is 0.189 e. The molecule has 74 valence electrons. The molecular formula is C9H8N6. The number of anilines is 1. The van der Waals surface area contributed by atoms with Crippen LogP contribution >= 0.6 is 0 Å². The first-order valence-electron chi connectivity index (χ1n) is 4.45. The fraction of sp³-hybridized carbons (Fsp3) is 0. The Kier molecular flexibility index (Phi) is 1.57. The van der Waals surface area contributed by atoms with Gasteiger partial charge < -0.3 is 5.43 Å². The van der Waals surface area contributed by atoms with Crippen molar-refractivity contribution in [2.45, 2.75) is 0 Å². The molecule has 0 aliphatic heterocycles. The van der Waals surface area contributed by atoms with E-state index in [2.05, 4.69) is 20.7 Å². The number of nitrogen functional groups attached to an aromatic ring is 1. The Hall–Kier alpha value is -2.21. The summed E-state index contributed by atoms with van der Waals surface area (Å²) in [7, 11) is 0. The zero-order valence-electron chi connectivity index (χ0n) is 7.75. The van der Waals surface area contributed by atoms with Crippen molar-refractivity contribution in [3.63, 3.8) is 0 Å². The summed E-state index contributed by atoms with van der Waals surface area (Å²) < 4.78 is 1.66. The number of nitrogens with zero attached hydrogens (tertiary/aromatic N) is 4. The molecule has 0 aliphatic carbocycles. The van der Waals surface area contributed by atoms with Gasteiger partial charge in [0.15, 0.2) is 5.82 Å². The van der Waals surface area contributed by atoms with Crippen molar-refractivity contribution in [3.05, 3.63) is 30.6 Å². The molecule has 15 heavy (non-hydrogen) atoms. The van der Waals surface area contributed by atoms with E-state index in [4.69, 9.17) is 5.84 Å². The van der Waals surface area contributed by atoms with Crippen molar-refractivity contribution in [2.24, 2.45) is 5.84 Å². The lowest BCUT2D eigenvalue weighted by Gasteiger charge is -1.99. The molecule has 3 N–H and O–H groups in total. The van der Waals surface area contributed by atoms with E-state index in [1.807, 2.05) is 24.3 Å². The number of fused-ring (bicyclic) bond motifs is 3. The van der Waals surface area contributed by atoms with Crippen LogP contribution in [0.15, 0.2) is 30.6 Å². The van der Waals surface area contributed by atoms with Crippen molar-refractivity contribution >= 4 is 22.2 Å². The van der Waals surface area contributed by atoms with E-state index in [1.54, 1.807) is 10.8 Å². The van der Waals surface area contributed by atoms with E-state index in [0.717, 1.165) is 16.4 Å². The van der Waals surface area contributed by atoms with Crippen LogP contribution in [0.3, 0.4) is 0 Å². The monoisotopic (exact) mass is 200 g/mol. The molecule has 0 spiro atoms. The number of rotatable bonds is 1. The van der Waals surface area contributed by atoms with Gasteiger partial charge in [0, 0.05) is 5.39 Å². The molecule has 0 aliphatic rings. The standard InChI is InChI=1S/C9H8N6/c10-12-9-8-6-3-1-2-4-7(6)14-15(8)5-11-13-9/h1-5H,10H2,(H,12,13). The molecule has 2 aromatic heterocycles. The Morgan fingerprint density at radius 1 is 1.27 bits per heavy atom. The molecule has 6 nitrogen and oxygen atoms in total. The summed E-state index contributed by atoms with van der Waals surface area (Å²) >= 11 is 0. The molecule has 0 saturated heterocycles. The van der Waals surface area contributed by atoms with Crippen LogP contribution in [-0.2, 0) is 0 Å². The molecule has 1 aromatic carbocycles. The minimum atomic E-state index is 0.520. The number of hydrogen-bond acceptors (Lipinski definition) is 5. The highest BCUT2D eigenvalue weighted by atomic mass is 15.4. The molecule has 0 saturated carbocycles. The van der Waals surface area contributed by atoms with Gasteiger partial charge in [-0.15, -0.1) is 10.2 Å². The Labute approximate surface area is 84.7 Å². The van der Waals surface area contributed by atoms with Crippen LogP contribution in [0.2, 0.25) is 0 Å². The summed E-state index contributed by atoms with van der Waals surface area (Å²) in [6.45, 7) is 0. The van der Waals surface area contributed by atoms with Crippen LogP contribution in [0, 0.1) is 0 Å². The summed E-state index contributed by atoms with van der Waals surface area (Å²) in [6.07, 6.45) is 1.55. The molecule has 0 amide bonds. The van der Waals surface area contributed by atoms with Gasteiger partial charge >= 0.3 is 0 Å². The highest BCUT2D eigenvalue weighted by molar-refractivity contribution is 5.99. The molecule has 0 radical (unpaired) electrons. The average molecular weight is 200 g/mol. The van der Waals surface area contributed by atoms with Gasteiger partial charge in [-0.1, -0.05) is 18.2 Å². The normalized spacial score (nSPS) is 11.0. The third-order valence-corrected chi connectivity index (χ3v) is 2.28. The lowest BCUT2D eigenvalue weighted by molar-refractivity contribution is 0.873. The topological polar surface area (TPSA) is 81.1 Å². The molecule has 6 heteroatoms. The van der Waals surface area contributed by atoms with E-state index in [9.17, 15) is 0 Å². The van der Waals surface area contributed by atoms with Crippen LogP contribution in [0.5, 0.6) is 0 Å². The van der Waals surface area contributed by atoms with Crippen LogP contribution < -0.4 is 11.3 Å². The van der Waals surface area contributed by atoms with Crippen LogP contribution in [0.1, 0.15) is 0 Å². The Bertz CT molecular complexity index is 629. The quantitative estimate of drug-likeness (QED) is 0.443. The third-order valence-electron chi connectivity index (χ3n) is 2.28. The Morgan fingerprint density at radius 2 is 2.13 bits per heavy atom. The van der Waals surface area contributed by atoms with E-state index in [0.29, 0.717) is 5.82 Å². The molecule has 2 heterocycles. The maximum atomic E-state index is 5.37. The number of benzene rings is 1. The summed E-state index contributed by atoms with van der Waals surface area (Å²) in [5.74, 6) is 5.89. The number of aromatic nitrogens is 4. The highest BCUT2D eigenvalue weighted by Gasteiger charge is 2.09. The largest absolute Gasteiger partial charge is 0.305 e. The minimum Gasteiger partial charge on any atom is -0.305 e. The summed E-state index contributed by atoms with van der Waals surface area (Å²) in [5, 5.41) is 13.0. The van der Waals surface area contributed by atoms with Crippen molar-refractivity contribution in [1.29, 1.82) is 0 Å². The zero-order valence-corrected chi connectivity index (χ0v) is 7.75. The number of nitrogens with two attached hydrogens (primary N) is 1. The summed E-state index contributed by atoms with van der Waals surface area (Å²) in [5.41, 5.74) is 4.24. The van der Waals surface area contributed by atoms with Gasteiger partial charge in [-0.3, -0.25) is 0 Å². The number of hydrazine groups is 1. The molecule has 0 atom stereocenters. The third kappa shape index (κ3) is 1.05. The second kappa shape index (κ2) is 2.89. The average Bonchev–Trinajstić information content (AvgIpc) is 2.67. The summed E-state index contributed by atoms with van der Waals surface area (Å²) in [6, 6.07) is 7.79. The fourth-order valence-corrected chi connectivity index (χ4v) is 1.65. The molecule has 0 unspecified atom stereocenters. The van der Waals surface area contributed by atoms with Crippen LogP contribution in [0.25, 0.3) is 16.4 Å². The van der Waals surface area contributed by atoms with Gasteiger partial charge in [0.05, 0.1) is 5.52 Å². The van der Waals surface area contributed by atoms with E-state index in [-0.39, 0.29) is 0 Å². The Morgan fingerprint density at radius 3 is 3.00 bits per heavy atom. The molecular weight excluding hydrogens is 192 g/mol. The predicted octanol–water partition coefficient (Wildman–Crippen LogP) is 0.563. The van der Waals surface area contributed by atoms with Crippen molar-refractivity contribution in [1.82, 2.24) is 19.8 Å². The predicted molar refractivity (Wildman–Crippen MR) is 56.1 cm³/mol. The van der Waals surface area contributed by atoms with Gasteiger partial charge in [0.1, 0.15) is 11.8 Å². The first-order chi connectivity index (χ1) is 7.40. The Balaban J connectivity index is 2.56. The smallest absolute Gasteiger partial charge is 0.189 e. The number of hydrogen-bond donors (Lipinski definition) is 2. The van der Waals surface area contributed by atoms with Crippen molar-refractivity contribution < 1.29 is 0 Å². The van der Waals surface area contributed by atoms with Gasteiger partial charge in [-0.2, -0.15) is 5.10 Å². The van der Waals surface area contributed by atoms with Gasteiger partial charge in [0.2, 0.25) is 0 Å². The first kappa shape index (κ1) is 8.13. The van der Waals surface area contributed by atoms with Gasteiger partial charge in [-0.25, -0.2) is 10.4 Å². The second-order valence-corrected chi connectivity index (χ2v) is 3.13. The van der Waals surface area contributed by atoms with Crippen molar-refractivity contribution in [2.75, 3.05) is 5.43 Å². The van der Waals surface area contributed by atoms with Crippen LogP contribution in [-0.4, -0.2) is 19.8 Å². The SMILES string of the molecule is NNc1nncn2nc3ccccc3c12. The van der Waals surface area contributed by atoms with Gasteiger partial charge in [0.25, 0.3) is 0 Å². The molecule has 3 aromatic rings. The zero-order chi connectivity index (χ0) is 10.3. The van der Waals surface area contributed by atoms with E-state index >= 15 is 0 Å². The minimum absolute atomic E-state index is 0.520. The maximum absolute atomic E-state index is 5.37. The summed E-state index contributed by atoms with van der Waals surface area (Å²) in [4.78, 5) is 0. The fourth-order valence-electron chi connectivity index (χ4n) is 1.65.